The molecule has 1 amide bonds. The predicted octanol–water partition coefficient (Wildman–Crippen LogP) is 1.42. The molecule has 1 N–H and O–H groups in total. The summed E-state index contributed by atoms with van der Waals surface area (Å²) in [6, 6.07) is 6.18. The number of amides is 1. The zero-order valence-electron chi connectivity index (χ0n) is 8.53. The second kappa shape index (κ2) is 4.50. The van der Waals surface area contributed by atoms with Gasteiger partial charge in [-0.3, -0.25) is 14.4 Å². The second-order valence-corrected chi connectivity index (χ2v) is 3.14. The van der Waals surface area contributed by atoms with E-state index < -0.39 is 11.6 Å². The maximum Gasteiger partial charge on any atom is 0.228 e. The van der Waals surface area contributed by atoms with Crippen LogP contribution in [0.2, 0.25) is 0 Å². The van der Waals surface area contributed by atoms with E-state index in [9.17, 15) is 14.4 Å². The van der Waals surface area contributed by atoms with Gasteiger partial charge in [0.15, 0.2) is 5.78 Å². The summed E-state index contributed by atoms with van der Waals surface area (Å²) in [5.74, 6) is -1.20. The molecule has 0 bridgehead atoms. The molecule has 1 rings (SSSR count). The number of carbonyl (C=O) groups excluding carboxylic acids is 3. The van der Waals surface area contributed by atoms with E-state index in [2.05, 4.69) is 5.32 Å². The smallest absolute Gasteiger partial charge is 0.228 e. The van der Waals surface area contributed by atoms with E-state index >= 15 is 0 Å². The van der Waals surface area contributed by atoms with Crippen LogP contribution in [0.15, 0.2) is 24.3 Å². The molecule has 78 valence electrons. The number of hydrogen-bond acceptors (Lipinski definition) is 3. The van der Waals surface area contributed by atoms with Crippen molar-refractivity contribution in [3.8, 4) is 0 Å². The summed E-state index contributed by atoms with van der Waals surface area (Å²) in [5, 5.41) is 2.56. The van der Waals surface area contributed by atoms with Gasteiger partial charge in [0.05, 0.1) is 0 Å². The molecule has 4 heteroatoms. The van der Waals surface area contributed by atoms with Gasteiger partial charge in [-0.2, -0.15) is 0 Å². The molecule has 0 saturated carbocycles. The Hall–Kier alpha value is -1.97. The lowest BCUT2D eigenvalue weighted by molar-refractivity contribution is -0.114. The molecule has 1 aromatic rings. The first kappa shape index (κ1) is 11.1. The average Bonchev–Trinajstić information content (AvgIpc) is 2.17. The van der Waals surface area contributed by atoms with Gasteiger partial charge in [0.1, 0.15) is 0 Å². The van der Waals surface area contributed by atoms with Crippen molar-refractivity contribution in [1.29, 1.82) is 0 Å². The predicted molar refractivity (Wildman–Crippen MR) is 55.8 cm³/mol. The molecule has 4 nitrogen and oxygen atoms in total. The van der Waals surface area contributed by atoms with Crippen molar-refractivity contribution >= 4 is 23.2 Å². The van der Waals surface area contributed by atoms with Crippen LogP contribution in [0.25, 0.3) is 0 Å². The molecule has 0 aromatic heterocycles. The Morgan fingerprint density at radius 3 is 1.93 bits per heavy atom. The quantitative estimate of drug-likeness (QED) is 0.599. The molecule has 0 spiro atoms. The van der Waals surface area contributed by atoms with Crippen LogP contribution >= 0.6 is 0 Å². The van der Waals surface area contributed by atoms with Gasteiger partial charge in [0.2, 0.25) is 11.7 Å². The Balaban J connectivity index is 2.85. The molecule has 0 fully saturated rings. The topological polar surface area (TPSA) is 63.2 Å². The standard InChI is InChI=1S/C11H11NO3/c1-7(13)11(15)9-3-5-10(6-4-9)12-8(2)14/h3-6H,1-2H3,(H,12,14). The van der Waals surface area contributed by atoms with E-state index in [0.29, 0.717) is 11.3 Å². The third kappa shape index (κ3) is 3.02. The number of ketones is 2. The van der Waals surface area contributed by atoms with Crippen molar-refractivity contribution < 1.29 is 14.4 Å². The largest absolute Gasteiger partial charge is 0.326 e. The van der Waals surface area contributed by atoms with Crippen LogP contribution in [0.3, 0.4) is 0 Å². The Labute approximate surface area is 87.3 Å². The van der Waals surface area contributed by atoms with Crippen LogP contribution in [0, 0.1) is 0 Å². The SMILES string of the molecule is CC(=O)Nc1ccc(C(=O)C(C)=O)cc1. The molecule has 0 unspecified atom stereocenters. The third-order valence-corrected chi connectivity index (χ3v) is 1.79. The van der Waals surface area contributed by atoms with Crippen molar-refractivity contribution in [3.63, 3.8) is 0 Å². The summed E-state index contributed by atoms with van der Waals surface area (Å²) >= 11 is 0. The lowest BCUT2D eigenvalue weighted by Crippen LogP contribution is -2.10. The highest BCUT2D eigenvalue weighted by Gasteiger charge is 2.10. The van der Waals surface area contributed by atoms with Gasteiger partial charge in [-0.25, -0.2) is 0 Å². The number of hydrogen-bond donors (Lipinski definition) is 1. The Morgan fingerprint density at radius 2 is 1.53 bits per heavy atom. The molecule has 0 aliphatic carbocycles. The van der Waals surface area contributed by atoms with E-state index in [1.165, 1.54) is 26.0 Å². The first-order valence-corrected chi connectivity index (χ1v) is 4.43. The van der Waals surface area contributed by atoms with E-state index in [4.69, 9.17) is 0 Å². The van der Waals surface area contributed by atoms with Crippen LogP contribution in [0.5, 0.6) is 0 Å². The van der Waals surface area contributed by atoms with Gasteiger partial charge < -0.3 is 5.32 Å². The van der Waals surface area contributed by atoms with Gasteiger partial charge in [0, 0.05) is 25.1 Å². The summed E-state index contributed by atoms with van der Waals surface area (Å²) in [6.07, 6.45) is 0. The lowest BCUT2D eigenvalue weighted by Gasteiger charge is -2.02. The molecule has 0 atom stereocenters. The molecule has 15 heavy (non-hydrogen) atoms. The van der Waals surface area contributed by atoms with E-state index in [1.54, 1.807) is 12.1 Å². The number of benzene rings is 1. The fourth-order valence-electron chi connectivity index (χ4n) is 1.11. The zero-order valence-corrected chi connectivity index (χ0v) is 8.53. The summed E-state index contributed by atoms with van der Waals surface area (Å²) in [5.41, 5.74) is 0.930. The molecular formula is C11H11NO3. The molecule has 0 aliphatic heterocycles. The molecule has 0 heterocycles. The first-order valence-electron chi connectivity index (χ1n) is 4.43. The number of nitrogens with one attached hydrogen (secondary N) is 1. The van der Waals surface area contributed by atoms with Gasteiger partial charge in [0.25, 0.3) is 0 Å². The number of Topliss-reactive ketones (excluding diaryl/α,β-unsaturated/α-hetero) is 2. The summed E-state index contributed by atoms with van der Waals surface area (Å²) in [4.78, 5) is 32.7. The van der Waals surface area contributed by atoms with Crippen LogP contribution in [0.1, 0.15) is 24.2 Å². The highest BCUT2D eigenvalue weighted by molar-refractivity contribution is 6.42. The van der Waals surface area contributed by atoms with Crippen molar-refractivity contribution in [2.75, 3.05) is 5.32 Å². The minimum Gasteiger partial charge on any atom is -0.326 e. The number of rotatable bonds is 3. The van der Waals surface area contributed by atoms with Crippen molar-refractivity contribution in [2.24, 2.45) is 0 Å². The Kier molecular flexibility index (Phi) is 3.33. The van der Waals surface area contributed by atoms with E-state index in [-0.39, 0.29) is 5.91 Å². The highest BCUT2D eigenvalue weighted by Crippen LogP contribution is 2.10. The third-order valence-electron chi connectivity index (χ3n) is 1.79. The van der Waals surface area contributed by atoms with Crippen molar-refractivity contribution in [3.05, 3.63) is 29.8 Å². The lowest BCUT2D eigenvalue weighted by atomic mass is 10.1. The fourth-order valence-corrected chi connectivity index (χ4v) is 1.11. The zero-order chi connectivity index (χ0) is 11.4. The van der Waals surface area contributed by atoms with Crippen LogP contribution in [-0.4, -0.2) is 17.5 Å². The average molecular weight is 205 g/mol. The number of anilines is 1. The molecule has 0 radical (unpaired) electrons. The van der Waals surface area contributed by atoms with E-state index in [0.717, 1.165) is 0 Å². The summed E-state index contributed by atoms with van der Waals surface area (Å²) in [6.45, 7) is 2.62. The number of carbonyl (C=O) groups is 3. The Bertz CT molecular complexity index is 406. The summed E-state index contributed by atoms with van der Waals surface area (Å²) < 4.78 is 0. The fraction of sp³-hybridized carbons (Fsp3) is 0.182. The van der Waals surface area contributed by atoms with Crippen molar-refractivity contribution in [2.45, 2.75) is 13.8 Å². The highest BCUT2D eigenvalue weighted by atomic mass is 16.2. The Morgan fingerprint density at radius 1 is 1.00 bits per heavy atom. The van der Waals surface area contributed by atoms with Crippen LogP contribution < -0.4 is 5.32 Å². The minimum atomic E-state index is -0.524. The molecule has 0 aliphatic rings. The summed E-state index contributed by atoms with van der Waals surface area (Å²) in [7, 11) is 0. The molecule has 1 aromatic carbocycles. The van der Waals surface area contributed by atoms with Crippen LogP contribution in [-0.2, 0) is 9.59 Å². The monoisotopic (exact) mass is 205 g/mol. The van der Waals surface area contributed by atoms with Gasteiger partial charge in [-0.1, -0.05) is 0 Å². The van der Waals surface area contributed by atoms with E-state index in [1.807, 2.05) is 0 Å². The first-order chi connectivity index (χ1) is 7.00. The maximum absolute atomic E-state index is 11.2. The van der Waals surface area contributed by atoms with Gasteiger partial charge in [-0.15, -0.1) is 0 Å². The molecule has 0 saturated heterocycles. The van der Waals surface area contributed by atoms with Gasteiger partial charge >= 0.3 is 0 Å². The maximum atomic E-state index is 11.2. The molecular weight excluding hydrogens is 194 g/mol. The normalized spacial score (nSPS) is 9.47. The second-order valence-electron chi connectivity index (χ2n) is 3.14. The van der Waals surface area contributed by atoms with Crippen molar-refractivity contribution in [1.82, 2.24) is 0 Å². The van der Waals surface area contributed by atoms with Crippen LogP contribution in [0.4, 0.5) is 5.69 Å². The minimum absolute atomic E-state index is 0.180. The van der Waals surface area contributed by atoms with Gasteiger partial charge in [-0.05, 0) is 24.3 Å².